The zero-order valence-corrected chi connectivity index (χ0v) is 13.3. The van der Waals surface area contributed by atoms with Gasteiger partial charge in [-0.2, -0.15) is 0 Å². The van der Waals surface area contributed by atoms with Crippen molar-refractivity contribution in [1.82, 2.24) is 0 Å². The van der Waals surface area contributed by atoms with E-state index in [1.165, 1.54) is 0 Å². The molecule has 6 heteroatoms. The summed E-state index contributed by atoms with van der Waals surface area (Å²) in [4.78, 5) is 0. The van der Waals surface area contributed by atoms with E-state index in [4.69, 9.17) is 0 Å². The summed E-state index contributed by atoms with van der Waals surface area (Å²) in [6.45, 7) is 0. The molecule has 0 aliphatic rings. The molecule has 0 atom stereocenters. The fraction of sp³-hybridized carbons (Fsp3) is 0. The summed E-state index contributed by atoms with van der Waals surface area (Å²) in [7, 11) is 0. The van der Waals surface area contributed by atoms with Crippen LogP contribution >= 0.6 is 0 Å². The maximum atomic E-state index is 0. The number of hydrogen-bond donors (Lipinski definition) is 0. The van der Waals surface area contributed by atoms with Crippen molar-refractivity contribution >= 4 is 79.9 Å². The molecule has 0 rings (SSSR count). The van der Waals surface area contributed by atoms with Crippen LogP contribution in [0.3, 0.4) is 0 Å². The van der Waals surface area contributed by atoms with Gasteiger partial charge >= 0.3 is 62.5 Å². The van der Waals surface area contributed by atoms with E-state index in [0.29, 0.717) is 0 Å². The summed E-state index contributed by atoms with van der Waals surface area (Å²) >= 11 is 0. The monoisotopic (exact) mass is 589 g/mol. The molecular formula is H9AlBeBi2Cu2. The standard InChI is InChI=1S/Al.Be.2Bi.2Cu.9H/q;+2;;;;;;;;;;;;2*-1. The zero-order chi connectivity index (χ0) is 0. The molecule has 0 bridgehead atoms. The average Bonchev–Trinajstić information content (AvgIpc) is 0. The second-order valence-electron chi connectivity index (χ2n) is 0. The topological polar surface area (TPSA) is 0 Å². The van der Waals surface area contributed by atoms with Gasteiger partial charge in [0.2, 0.25) is 0 Å². The average molecular weight is 590 g/mol. The maximum Gasteiger partial charge on any atom is 0 e. The molecule has 0 heterocycles. The van der Waals surface area contributed by atoms with Gasteiger partial charge in [0.1, 0.15) is 0 Å². The molecule has 46 valence electrons. The smallest absolute Gasteiger partial charge is 0 e. The van der Waals surface area contributed by atoms with Crippen LogP contribution in [0.2, 0.25) is 0 Å². The zero-order valence-electron chi connectivity index (χ0n) is 4.46. The van der Waals surface area contributed by atoms with Crippen LogP contribution in [0.5, 0.6) is 0 Å². The molecule has 0 unspecified atom stereocenters. The van der Waals surface area contributed by atoms with Gasteiger partial charge in [-0.3, -0.25) is 0 Å². The molecule has 0 aliphatic carbocycles. The van der Waals surface area contributed by atoms with Gasteiger partial charge in [0, 0.05) is 34.1 Å². The van der Waals surface area contributed by atoms with Crippen LogP contribution in [-0.2, 0) is 34.1 Å². The molecule has 6 heavy (non-hydrogen) atoms. The van der Waals surface area contributed by atoms with Crippen LogP contribution < -0.4 is 0 Å². The SMILES string of the molecule is [AlH3].[Be+2].[BiH2].[BiH2].[Cu].[Cu].[H-].[H-]. The van der Waals surface area contributed by atoms with Gasteiger partial charge in [-0.05, 0) is 0 Å². The number of rotatable bonds is 0. The van der Waals surface area contributed by atoms with Crippen molar-refractivity contribution in [2.24, 2.45) is 0 Å². The van der Waals surface area contributed by atoms with Crippen molar-refractivity contribution in [3.05, 3.63) is 0 Å². The van der Waals surface area contributed by atoms with Gasteiger partial charge < -0.3 is 2.85 Å². The number of hydrogen-bond acceptors (Lipinski definition) is 0. The van der Waals surface area contributed by atoms with Crippen molar-refractivity contribution in [1.29, 1.82) is 0 Å². The minimum Gasteiger partial charge on any atom is -1.00 e. The first-order valence-corrected chi connectivity index (χ1v) is 0. The van der Waals surface area contributed by atoms with Crippen molar-refractivity contribution < 1.29 is 37.0 Å². The van der Waals surface area contributed by atoms with E-state index in [1.54, 1.807) is 0 Å². The van der Waals surface area contributed by atoms with E-state index < -0.39 is 0 Å². The van der Waals surface area contributed by atoms with E-state index in [1.807, 2.05) is 0 Å². The molecular weight excluding hydrogens is 581 g/mol. The quantitative estimate of drug-likeness (QED) is 0.262. The van der Waals surface area contributed by atoms with E-state index in [9.17, 15) is 0 Å². The molecule has 0 aromatic rings. The minimum absolute atomic E-state index is 0. The van der Waals surface area contributed by atoms with Crippen LogP contribution in [0.25, 0.3) is 0 Å². The summed E-state index contributed by atoms with van der Waals surface area (Å²) in [5, 5.41) is 0. The van der Waals surface area contributed by atoms with Gasteiger partial charge in [0.05, 0.1) is 0 Å². The Morgan fingerprint density at radius 2 is 0.833 bits per heavy atom. The van der Waals surface area contributed by atoms with Gasteiger partial charge in [-0.1, -0.05) is 0 Å². The Hall–Kier alpha value is 3.51. The van der Waals surface area contributed by atoms with Crippen LogP contribution in [0.15, 0.2) is 0 Å². The molecule has 0 fully saturated rings. The molecule has 0 nitrogen and oxygen atoms in total. The Kier molecular flexibility index (Phi) is 363. The minimum atomic E-state index is 0. The van der Waals surface area contributed by atoms with Gasteiger partial charge in [-0.15, -0.1) is 0 Å². The molecule has 0 aliphatic heterocycles. The molecule has 0 amide bonds. The fourth-order valence-electron chi connectivity index (χ4n) is 0. The van der Waals surface area contributed by atoms with Gasteiger partial charge in [0.25, 0.3) is 0 Å². The first-order chi connectivity index (χ1) is 0. The van der Waals surface area contributed by atoms with Gasteiger partial charge in [-0.25, -0.2) is 0 Å². The maximum absolute atomic E-state index is 0. The van der Waals surface area contributed by atoms with Crippen LogP contribution in [0.1, 0.15) is 2.85 Å². The van der Waals surface area contributed by atoms with Gasteiger partial charge in [0.15, 0.2) is 17.4 Å². The van der Waals surface area contributed by atoms with Crippen molar-refractivity contribution in [2.75, 3.05) is 0 Å². The summed E-state index contributed by atoms with van der Waals surface area (Å²) in [5.41, 5.74) is 0. The van der Waals surface area contributed by atoms with E-state index >= 15 is 0 Å². The summed E-state index contributed by atoms with van der Waals surface area (Å²) in [5.74, 6) is 0. The molecule has 0 aromatic heterocycles. The predicted molar refractivity (Wildman–Crippen MR) is 35.0 cm³/mol. The van der Waals surface area contributed by atoms with Crippen molar-refractivity contribution in [3.63, 3.8) is 0 Å². The Balaban J connectivity index is 0. The third-order valence-corrected chi connectivity index (χ3v) is 0. The molecule has 0 saturated carbocycles. The Morgan fingerprint density at radius 1 is 0.833 bits per heavy atom. The second kappa shape index (κ2) is 39.0. The second-order valence-corrected chi connectivity index (χ2v) is 0. The predicted octanol–water partition coefficient (Wildman–Crippen LogP) is -3.18. The van der Waals surface area contributed by atoms with Crippen molar-refractivity contribution in [2.45, 2.75) is 0 Å². The largest absolute Gasteiger partial charge is 1.00 e. The third-order valence-electron chi connectivity index (χ3n) is 0. The summed E-state index contributed by atoms with van der Waals surface area (Å²) in [6, 6.07) is 0. The molecule has 0 spiro atoms. The summed E-state index contributed by atoms with van der Waals surface area (Å²) in [6.07, 6.45) is 0. The first-order valence-electron chi connectivity index (χ1n) is 0. The third kappa shape index (κ3) is 25.8. The Labute approximate surface area is 115 Å². The summed E-state index contributed by atoms with van der Waals surface area (Å²) < 4.78 is 0. The Morgan fingerprint density at radius 3 is 0.833 bits per heavy atom. The van der Waals surface area contributed by atoms with E-state index in [-0.39, 0.29) is 117 Å². The molecule has 0 saturated heterocycles. The van der Waals surface area contributed by atoms with E-state index in [2.05, 4.69) is 0 Å². The van der Waals surface area contributed by atoms with Crippen molar-refractivity contribution in [3.8, 4) is 0 Å². The Bertz CT molecular complexity index is 18.0. The molecule has 0 aromatic carbocycles. The fourth-order valence-corrected chi connectivity index (χ4v) is 0. The molecule has 4 radical (unpaired) electrons. The van der Waals surface area contributed by atoms with Crippen LogP contribution in [0, 0.1) is 0 Å². The molecule has 0 N–H and O–H groups in total. The first kappa shape index (κ1) is 55.9. The van der Waals surface area contributed by atoms with E-state index in [0.717, 1.165) is 0 Å². The normalized spacial score (nSPS) is 0. The van der Waals surface area contributed by atoms with Crippen LogP contribution in [-0.4, -0.2) is 79.9 Å². The van der Waals surface area contributed by atoms with Crippen LogP contribution in [0.4, 0.5) is 0 Å².